The van der Waals surface area contributed by atoms with Crippen molar-refractivity contribution >= 4 is 17.7 Å². The summed E-state index contributed by atoms with van der Waals surface area (Å²) in [4.78, 5) is 12.4. The van der Waals surface area contributed by atoms with Gasteiger partial charge in [0.15, 0.2) is 5.82 Å². The van der Waals surface area contributed by atoms with Crippen LogP contribution in [0.3, 0.4) is 0 Å². The molecule has 2 aromatic carbocycles. The second kappa shape index (κ2) is 10.2. The van der Waals surface area contributed by atoms with Crippen molar-refractivity contribution in [2.75, 3.05) is 18.2 Å². The number of benzene rings is 2. The molecule has 1 aromatic heterocycles. The number of amides is 1. The molecular weight excluding hydrogens is 398 g/mol. The summed E-state index contributed by atoms with van der Waals surface area (Å²) in [5.41, 5.74) is 3.18. The zero-order valence-electron chi connectivity index (χ0n) is 17.5. The molecule has 0 aliphatic rings. The summed E-state index contributed by atoms with van der Waals surface area (Å²) in [5, 5.41) is 11.8. The number of hydrogen-bond donors (Lipinski definition) is 2. The smallest absolute Gasteiger partial charge is 0.230 e. The molecule has 158 valence electrons. The minimum Gasteiger partial charge on any atom is -0.494 e. The number of carbonyl (C=O) groups excluding carboxylic acids is 1. The van der Waals surface area contributed by atoms with Crippen LogP contribution in [0.1, 0.15) is 37.9 Å². The van der Waals surface area contributed by atoms with Crippen LogP contribution in [0.15, 0.2) is 53.7 Å². The van der Waals surface area contributed by atoms with E-state index in [1.807, 2.05) is 38.1 Å². The minimum absolute atomic E-state index is 0.0702. The predicted molar refractivity (Wildman–Crippen MR) is 120 cm³/mol. The summed E-state index contributed by atoms with van der Waals surface area (Å²) in [7, 11) is 0. The van der Waals surface area contributed by atoms with Crippen molar-refractivity contribution in [1.29, 1.82) is 0 Å². The Bertz CT molecular complexity index is 970. The number of aryl methyl sites for hydroxylation is 1. The van der Waals surface area contributed by atoms with Gasteiger partial charge in [-0.25, -0.2) is 4.68 Å². The van der Waals surface area contributed by atoms with E-state index in [1.165, 1.54) is 22.0 Å². The Hall–Kier alpha value is -3.00. The number of rotatable bonds is 9. The first kappa shape index (κ1) is 21.7. The van der Waals surface area contributed by atoms with E-state index >= 15 is 0 Å². The Morgan fingerprint density at radius 2 is 1.83 bits per heavy atom. The van der Waals surface area contributed by atoms with Gasteiger partial charge in [-0.2, -0.15) is 0 Å². The minimum atomic E-state index is -0.0855. The van der Waals surface area contributed by atoms with Crippen molar-refractivity contribution < 1.29 is 9.53 Å². The van der Waals surface area contributed by atoms with Crippen LogP contribution < -0.4 is 15.9 Å². The van der Waals surface area contributed by atoms with Crippen molar-refractivity contribution in [1.82, 2.24) is 20.2 Å². The first-order valence-electron chi connectivity index (χ1n) is 9.96. The molecule has 0 fully saturated rings. The molecule has 30 heavy (non-hydrogen) atoms. The number of aromatic nitrogens is 3. The van der Waals surface area contributed by atoms with Crippen LogP contribution in [0.2, 0.25) is 0 Å². The maximum Gasteiger partial charge on any atom is 0.230 e. The lowest BCUT2D eigenvalue weighted by Gasteiger charge is -2.14. The SMILES string of the molecule is CCOc1ccc(-c2nnc(SCC(=O)N[C@H](C)c3ccc(CC)cc3)n2N)cc1. The fraction of sp³-hybridized carbons (Fsp3) is 0.318. The quantitative estimate of drug-likeness (QED) is 0.402. The highest BCUT2D eigenvalue weighted by Gasteiger charge is 2.15. The average Bonchev–Trinajstić information content (AvgIpc) is 3.13. The van der Waals surface area contributed by atoms with E-state index in [0.29, 0.717) is 17.6 Å². The Labute approximate surface area is 181 Å². The molecule has 0 aliphatic carbocycles. The lowest BCUT2D eigenvalue weighted by molar-refractivity contribution is -0.119. The first-order chi connectivity index (χ1) is 14.5. The van der Waals surface area contributed by atoms with Gasteiger partial charge in [-0.15, -0.1) is 10.2 Å². The van der Waals surface area contributed by atoms with E-state index < -0.39 is 0 Å². The van der Waals surface area contributed by atoms with Crippen molar-refractivity contribution in [3.8, 4) is 17.1 Å². The molecular formula is C22H27N5O2S. The standard InChI is InChI=1S/C22H27N5O2S/c1-4-16-6-8-17(9-7-16)15(3)24-20(28)14-30-22-26-25-21(27(22)23)18-10-12-19(13-11-18)29-5-2/h6-13,15H,4-5,14,23H2,1-3H3,(H,24,28)/t15-/m1/s1. The van der Waals surface area contributed by atoms with Gasteiger partial charge in [0, 0.05) is 5.56 Å². The summed E-state index contributed by atoms with van der Waals surface area (Å²) in [6, 6.07) is 15.7. The highest BCUT2D eigenvalue weighted by atomic mass is 32.2. The number of carbonyl (C=O) groups is 1. The van der Waals surface area contributed by atoms with Crippen LogP contribution in [0.4, 0.5) is 0 Å². The molecule has 3 aromatic rings. The fourth-order valence-electron chi connectivity index (χ4n) is 2.98. The number of thioether (sulfide) groups is 1. The van der Waals surface area contributed by atoms with Crippen LogP contribution in [0.5, 0.6) is 5.75 Å². The third-order valence-corrected chi connectivity index (χ3v) is 5.63. The predicted octanol–water partition coefficient (Wildman–Crippen LogP) is 3.59. The molecule has 3 N–H and O–H groups in total. The van der Waals surface area contributed by atoms with Gasteiger partial charge in [-0.1, -0.05) is 43.0 Å². The molecule has 0 saturated heterocycles. The van der Waals surface area contributed by atoms with E-state index in [-0.39, 0.29) is 17.7 Å². The van der Waals surface area contributed by atoms with E-state index in [1.54, 1.807) is 0 Å². The molecule has 1 atom stereocenters. The largest absolute Gasteiger partial charge is 0.494 e. The fourth-order valence-corrected chi connectivity index (χ4v) is 3.65. The summed E-state index contributed by atoms with van der Waals surface area (Å²) >= 11 is 1.25. The molecule has 0 saturated carbocycles. The number of nitrogens with one attached hydrogen (secondary N) is 1. The molecule has 1 heterocycles. The van der Waals surface area contributed by atoms with Crippen LogP contribution in [0, 0.1) is 0 Å². The molecule has 1 amide bonds. The van der Waals surface area contributed by atoms with E-state index in [2.05, 4.69) is 46.7 Å². The van der Waals surface area contributed by atoms with Crippen LogP contribution in [-0.4, -0.2) is 33.1 Å². The molecule has 0 aliphatic heterocycles. The van der Waals surface area contributed by atoms with Crippen molar-refractivity contribution in [2.24, 2.45) is 0 Å². The molecule has 0 spiro atoms. The Morgan fingerprint density at radius 3 is 2.47 bits per heavy atom. The van der Waals surface area contributed by atoms with Crippen molar-refractivity contribution in [2.45, 2.75) is 38.4 Å². The van der Waals surface area contributed by atoms with E-state index in [9.17, 15) is 4.79 Å². The molecule has 0 radical (unpaired) electrons. The summed E-state index contributed by atoms with van der Waals surface area (Å²) in [6.07, 6.45) is 0.996. The maximum atomic E-state index is 12.4. The van der Waals surface area contributed by atoms with Gasteiger partial charge < -0.3 is 15.9 Å². The highest BCUT2D eigenvalue weighted by Crippen LogP contribution is 2.24. The monoisotopic (exact) mass is 425 g/mol. The van der Waals surface area contributed by atoms with Crippen LogP contribution >= 0.6 is 11.8 Å². The Morgan fingerprint density at radius 1 is 1.13 bits per heavy atom. The summed E-state index contributed by atoms with van der Waals surface area (Å²) in [6.45, 7) is 6.64. The third-order valence-electron chi connectivity index (χ3n) is 4.69. The van der Waals surface area contributed by atoms with Gasteiger partial charge in [0.1, 0.15) is 5.75 Å². The Kier molecular flexibility index (Phi) is 7.35. The molecule has 0 bridgehead atoms. The average molecular weight is 426 g/mol. The second-order valence-electron chi connectivity index (χ2n) is 6.81. The molecule has 8 heteroatoms. The maximum absolute atomic E-state index is 12.4. The number of nitrogens with two attached hydrogens (primary N) is 1. The Balaban J connectivity index is 1.57. The van der Waals surface area contributed by atoms with Gasteiger partial charge >= 0.3 is 0 Å². The van der Waals surface area contributed by atoms with Gasteiger partial charge in [0.2, 0.25) is 11.1 Å². The first-order valence-corrected chi connectivity index (χ1v) is 10.9. The molecule has 3 rings (SSSR count). The van der Waals surface area contributed by atoms with E-state index in [4.69, 9.17) is 10.6 Å². The second-order valence-corrected chi connectivity index (χ2v) is 7.75. The topological polar surface area (TPSA) is 95.1 Å². The number of ether oxygens (including phenoxy) is 1. The van der Waals surface area contributed by atoms with Gasteiger partial charge in [0.05, 0.1) is 18.4 Å². The highest BCUT2D eigenvalue weighted by molar-refractivity contribution is 7.99. The van der Waals surface area contributed by atoms with E-state index in [0.717, 1.165) is 23.3 Å². The normalized spacial score (nSPS) is 11.8. The zero-order valence-corrected chi connectivity index (χ0v) is 18.3. The van der Waals surface area contributed by atoms with Crippen molar-refractivity contribution in [3.63, 3.8) is 0 Å². The van der Waals surface area contributed by atoms with Gasteiger partial charge in [-0.3, -0.25) is 4.79 Å². The lowest BCUT2D eigenvalue weighted by atomic mass is 10.1. The molecule has 0 unspecified atom stereocenters. The summed E-state index contributed by atoms with van der Waals surface area (Å²) in [5.74, 6) is 7.58. The van der Waals surface area contributed by atoms with Gasteiger partial charge in [-0.05, 0) is 55.7 Å². The van der Waals surface area contributed by atoms with Crippen molar-refractivity contribution in [3.05, 3.63) is 59.7 Å². The van der Waals surface area contributed by atoms with Crippen LogP contribution in [-0.2, 0) is 11.2 Å². The summed E-state index contributed by atoms with van der Waals surface area (Å²) < 4.78 is 6.85. The lowest BCUT2D eigenvalue weighted by Crippen LogP contribution is -2.28. The number of nitrogens with zero attached hydrogens (tertiary/aromatic N) is 3. The zero-order chi connectivity index (χ0) is 21.5. The number of nitrogen functional groups attached to an aromatic ring is 1. The molecule has 7 nitrogen and oxygen atoms in total. The van der Waals surface area contributed by atoms with Crippen LogP contribution in [0.25, 0.3) is 11.4 Å². The third kappa shape index (κ3) is 5.33. The van der Waals surface area contributed by atoms with Gasteiger partial charge in [0.25, 0.3) is 0 Å². The number of hydrogen-bond acceptors (Lipinski definition) is 6.